The number of rotatable bonds is 3. The molecule has 0 radical (unpaired) electrons. The Morgan fingerprint density at radius 2 is 1.70 bits per heavy atom. The second-order valence-corrected chi connectivity index (χ2v) is 7.62. The Bertz CT molecular complexity index is 778. The van der Waals surface area contributed by atoms with Crippen LogP contribution >= 0.6 is 0 Å². The van der Waals surface area contributed by atoms with Crippen molar-refractivity contribution < 1.29 is 9.53 Å². The van der Waals surface area contributed by atoms with Gasteiger partial charge in [-0.1, -0.05) is 32.9 Å². The molecule has 1 aliphatic rings. The average molecular weight is 369 g/mol. The van der Waals surface area contributed by atoms with Gasteiger partial charge in [0.25, 0.3) is 0 Å². The van der Waals surface area contributed by atoms with Crippen molar-refractivity contribution in [3.63, 3.8) is 0 Å². The minimum absolute atomic E-state index is 0.114. The lowest BCUT2D eigenvalue weighted by atomic mass is 9.96. The predicted octanol–water partition coefficient (Wildman–Crippen LogP) is 3.14. The van der Waals surface area contributed by atoms with Crippen LogP contribution < -0.4 is 15.0 Å². The molecule has 1 N–H and O–H groups in total. The van der Waals surface area contributed by atoms with E-state index in [9.17, 15) is 4.79 Å². The number of piperazine rings is 1. The van der Waals surface area contributed by atoms with Gasteiger partial charge in [0, 0.05) is 31.6 Å². The lowest BCUT2D eigenvalue weighted by molar-refractivity contribution is 0.208. The van der Waals surface area contributed by atoms with Crippen molar-refractivity contribution in [3.05, 3.63) is 42.5 Å². The van der Waals surface area contributed by atoms with E-state index in [1.54, 1.807) is 19.5 Å². The Kier molecular flexibility index (Phi) is 5.48. The van der Waals surface area contributed by atoms with E-state index in [0.717, 1.165) is 30.4 Å². The molecule has 1 fully saturated rings. The molecule has 1 aromatic heterocycles. The second kappa shape index (κ2) is 7.82. The summed E-state index contributed by atoms with van der Waals surface area (Å²) in [4.78, 5) is 25.3. The molecular formula is C20H27N5O2. The fourth-order valence-electron chi connectivity index (χ4n) is 3.02. The molecule has 2 aromatic rings. The first-order chi connectivity index (χ1) is 12.9. The first kappa shape index (κ1) is 18.9. The fourth-order valence-corrected chi connectivity index (χ4v) is 3.02. The van der Waals surface area contributed by atoms with Gasteiger partial charge in [-0.15, -0.1) is 0 Å². The molecule has 3 rings (SSSR count). The number of urea groups is 1. The van der Waals surface area contributed by atoms with Crippen molar-refractivity contribution in [1.29, 1.82) is 0 Å². The van der Waals surface area contributed by atoms with Gasteiger partial charge in [-0.25, -0.2) is 14.8 Å². The molecule has 7 heteroatoms. The maximum absolute atomic E-state index is 12.5. The molecule has 2 amide bonds. The first-order valence-corrected chi connectivity index (χ1v) is 9.15. The smallest absolute Gasteiger partial charge is 0.322 e. The molecule has 0 atom stereocenters. The molecule has 1 aliphatic heterocycles. The maximum atomic E-state index is 12.5. The van der Waals surface area contributed by atoms with Crippen molar-refractivity contribution in [2.75, 3.05) is 43.5 Å². The van der Waals surface area contributed by atoms with Crippen molar-refractivity contribution in [2.24, 2.45) is 0 Å². The van der Waals surface area contributed by atoms with E-state index in [4.69, 9.17) is 4.74 Å². The van der Waals surface area contributed by atoms with Crippen LogP contribution in [-0.2, 0) is 5.41 Å². The third-order valence-corrected chi connectivity index (χ3v) is 4.57. The van der Waals surface area contributed by atoms with Crippen molar-refractivity contribution in [3.8, 4) is 5.75 Å². The third-order valence-electron chi connectivity index (χ3n) is 4.57. The molecule has 0 spiro atoms. The number of anilines is 2. The first-order valence-electron chi connectivity index (χ1n) is 9.15. The Morgan fingerprint density at radius 1 is 1.07 bits per heavy atom. The van der Waals surface area contributed by atoms with Crippen LogP contribution in [0.5, 0.6) is 5.75 Å². The molecule has 0 aliphatic carbocycles. The van der Waals surface area contributed by atoms with Gasteiger partial charge in [-0.3, -0.25) is 0 Å². The van der Waals surface area contributed by atoms with Crippen LogP contribution in [0.25, 0.3) is 0 Å². The van der Waals surface area contributed by atoms with Gasteiger partial charge < -0.3 is 19.9 Å². The van der Waals surface area contributed by atoms with Crippen LogP contribution in [0.2, 0.25) is 0 Å². The highest BCUT2D eigenvalue weighted by molar-refractivity contribution is 5.89. The zero-order valence-electron chi connectivity index (χ0n) is 16.4. The number of nitrogens with one attached hydrogen (secondary N) is 1. The molecule has 1 aromatic carbocycles. The molecule has 144 valence electrons. The van der Waals surface area contributed by atoms with Crippen LogP contribution in [0.1, 0.15) is 26.6 Å². The van der Waals surface area contributed by atoms with Crippen LogP contribution in [0.15, 0.2) is 36.7 Å². The van der Waals surface area contributed by atoms with E-state index in [1.807, 2.05) is 29.2 Å². The molecular weight excluding hydrogens is 342 g/mol. The quantitative estimate of drug-likeness (QED) is 0.900. The number of hydrogen-bond donors (Lipinski definition) is 1. The van der Waals surface area contributed by atoms with E-state index < -0.39 is 0 Å². The molecule has 7 nitrogen and oxygen atoms in total. The van der Waals surface area contributed by atoms with Gasteiger partial charge in [-0.2, -0.15) is 0 Å². The van der Waals surface area contributed by atoms with Crippen molar-refractivity contribution in [1.82, 2.24) is 14.9 Å². The summed E-state index contributed by atoms with van der Waals surface area (Å²) in [6.45, 7) is 8.97. The van der Waals surface area contributed by atoms with Gasteiger partial charge in [0.15, 0.2) is 0 Å². The van der Waals surface area contributed by atoms with Gasteiger partial charge >= 0.3 is 6.03 Å². The van der Waals surface area contributed by atoms with E-state index in [2.05, 4.69) is 41.0 Å². The number of nitrogens with zero attached hydrogens (tertiary/aromatic N) is 4. The zero-order chi connectivity index (χ0) is 19.4. The van der Waals surface area contributed by atoms with Crippen LogP contribution in [0.4, 0.5) is 16.2 Å². The number of aromatic nitrogens is 2. The summed E-state index contributed by atoms with van der Waals surface area (Å²) in [5.74, 6) is 1.61. The van der Waals surface area contributed by atoms with Crippen molar-refractivity contribution in [2.45, 2.75) is 26.2 Å². The van der Waals surface area contributed by atoms with E-state index in [-0.39, 0.29) is 11.4 Å². The van der Waals surface area contributed by atoms with Gasteiger partial charge in [0.1, 0.15) is 11.6 Å². The van der Waals surface area contributed by atoms with Crippen molar-refractivity contribution >= 4 is 17.4 Å². The SMILES string of the molecule is COc1ccccc1N1CCN(C(=O)Nc2cnc(C(C)(C)C)nc2)CC1. The predicted molar refractivity (Wildman–Crippen MR) is 107 cm³/mol. The summed E-state index contributed by atoms with van der Waals surface area (Å²) >= 11 is 0. The summed E-state index contributed by atoms with van der Waals surface area (Å²) in [5, 5.41) is 2.89. The number of ether oxygens (including phenoxy) is 1. The monoisotopic (exact) mass is 369 g/mol. The van der Waals surface area contributed by atoms with Gasteiger partial charge in [-0.05, 0) is 12.1 Å². The van der Waals surface area contributed by atoms with E-state index in [1.165, 1.54) is 0 Å². The summed E-state index contributed by atoms with van der Waals surface area (Å²) in [7, 11) is 1.68. The Balaban J connectivity index is 1.57. The number of amides is 2. The van der Waals surface area contributed by atoms with E-state index in [0.29, 0.717) is 18.8 Å². The molecule has 1 saturated heterocycles. The normalized spacial score (nSPS) is 14.8. The second-order valence-electron chi connectivity index (χ2n) is 7.62. The molecule has 27 heavy (non-hydrogen) atoms. The highest BCUT2D eigenvalue weighted by Gasteiger charge is 2.23. The zero-order valence-corrected chi connectivity index (χ0v) is 16.4. The fraction of sp³-hybridized carbons (Fsp3) is 0.450. The molecule has 0 unspecified atom stereocenters. The largest absolute Gasteiger partial charge is 0.495 e. The van der Waals surface area contributed by atoms with Gasteiger partial charge in [0.2, 0.25) is 0 Å². The molecule has 0 bridgehead atoms. The maximum Gasteiger partial charge on any atom is 0.322 e. The molecule has 2 heterocycles. The molecule has 0 saturated carbocycles. The van der Waals surface area contributed by atoms with Crippen LogP contribution in [0.3, 0.4) is 0 Å². The minimum Gasteiger partial charge on any atom is -0.495 e. The number of hydrogen-bond acceptors (Lipinski definition) is 5. The Hall–Kier alpha value is -2.83. The summed E-state index contributed by atoms with van der Waals surface area (Å²) in [5.41, 5.74) is 1.56. The van der Waals surface area contributed by atoms with Crippen LogP contribution in [0, 0.1) is 0 Å². The standard InChI is InChI=1S/C20H27N5O2/c1-20(2,3)18-21-13-15(14-22-18)23-19(26)25-11-9-24(10-12-25)16-7-5-6-8-17(16)27-4/h5-8,13-14H,9-12H2,1-4H3,(H,23,26). The Labute approximate surface area is 160 Å². The lowest BCUT2D eigenvalue weighted by Gasteiger charge is -2.36. The average Bonchev–Trinajstić information content (AvgIpc) is 2.68. The third kappa shape index (κ3) is 4.48. The minimum atomic E-state index is -0.123. The summed E-state index contributed by atoms with van der Waals surface area (Å²) < 4.78 is 5.44. The summed E-state index contributed by atoms with van der Waals surface area (Å²) in [6, 6.07) is 7.83. The van der Waals surface area contributed by atoms with Gasteiger partial charge in [0.05, 0.1) is 30.9 Å². The number of carbonyl (C=O) groups excluding carboxylic acids is 1. The summed E-state index contributed by atoms with van der Waals surface area (Å²) in [6.07, 6.45) is 3.33. The highest BCUT2D eigenvalue weighted by Crippen LogP contribution is 2.28. The van der Waals surface area contributed by atoms with Crippen LogP contribution in [-0.4, -0.2) is 54.2 Å². The Morgan fingerprint density at radius 3 is 2.30 bits per heavy atom. The number of methoxy groups -OCH3 is 1. The number of para-hydroxylation sites is 2. The highest BCUT2D eigenvalue weighted by atomic mass is 16.5. The van der Waals surface area contributed by atoms with E-state index >= 15 is 0 Å². The topological polar surface area (TPSA) is 70.6 Å². The number of carbonyl (C=O) groups is 1. The lowest BCUT2D eigenvalue weighted by Crippen LogP contribution is -2.50. The number of benzene rings is 1.